The Kier molecular flexibility index (Phi) is 5.17. The van der Waals surface area contributed by atoms with Crippen LogP contribution >= 0.6 is 24.2 Å². The Morgan fingerprint density at radius 2 is 1.84 bits per heavy atom. The molecular formula is C16H18ClNS. The molecule has 0 saturated heterocycles. The number of rotatable bonds is 5. The molecule has 0 saturated carbocycles. The highest BCUT2D eigenvalue weighted by molar-refractivity contribution is 7.80. The number of thiol groups is 1. The highest BCUT2D eigenvalue weighted by Crippen LogP contribution is 2.21. The van der Waals surface area contributed by atoms with E-state index < -0.39 is 0 Å². The van der Waals surface area contributed by atoms with E-state index >= 15 is 0 Å². The minimum absolute atomic E-state index is 0.834. The van der Waals surface area contributed by atoms with Gasteiger partial charge in [0.05, 0.1) is 0 Å². The van der Waals surface area contributed by atoms with Crippen molar-refractivity contribution in [1.29, 1.82) is 0 Å². The molecule has 1 N–H and O–H groups in total. The lowest BCUT2D eigenvalue weighted by Gasteiger charge is -2.08. The first kappa shape index (κ1) is 14.3. The van der Waals surface area contributed by atoms with Crippen LogP contribution in [0, 0.1) is 6.92 Å². The van der Waals surface area contributed by atoms with E-state index in [2.05, 4.69) is 61.3 Å². The molecule has 0 amide bonds. The van der Waals surface area contributed by atoms with E-state index in [4.69, 9.17) is 11.6 Å². The standard InChI is InChI=1S/C16H18ClNS/c1-12-2-5-14(16(17)10-12)11-13-3-6-15(7-4-13)18-8-9-19/h2-7,10,18-19H,8-9,11H2,1H3. The van der Waals surface area contributed by atoms with Gasteiger partial charge in [-0.05, 0) is 48.2 Å². The maximum atomic E-state index is 6.26. The Balaban J connectivity index is 2.06. The number of benzene rings is 2. The van der Waals surface area contributed by atoms with Crippen LogP contribution in [0.1, 0.15) is 16.7 Å². The third kappa shape index (κ3) is 4.19. The van der Waals surface area contributed by atoms with Crippen molar-refractivity contribution in [2.45, 2.75) is 13.3 Å². The van der Waals surface area contributed by atoms with Crippen molar-refractivity contribution in [1.82, 2.24) is 0 Å². The van der Waals surface area contributed by atoms with Crippen molar-refractivity contribution in [3.63, 3.8) is 0 Å². The first-order valence-electron chi connectivity index (χ1n) is 6.38. The fourth-order valence-electron chi connectivity index (χ4n) is 1.96. The molecule has 0 aliphatic heterocycles. The maximum Gasteiger partial charge on any atom is 0.0444 e. The number of hydrogen-bond acceptors (Lipinski definition) is 2. The normalized spacial score (nSPS) is 10.5. The predicted molar refractivity (Wildman–Crippen MR) is 87.8 cm³/mol. The maximum absolute atomic E-state index is 6.26. The fourth-order valence-corrected chi connectivity index (χ4v) is 2.37. The molecule has 0 unspecified atom stereocenters. The van der Waals surface area contributed by atoms with Gasteiger partial charge in [-0.25, -0.2) is 0 Å². The van der Waals surface area contributed by atoms with Crippen molar-refractivity contribution in [3.05, 3.63) is 64.2 Å². The van der Waals surface area contributed by atoms with Gasteiger partial charge in [0.2, 0.25) is 0 Å². The predicted octanol–water partition coefficient (Wildman–Crippen LogP) is 4.58. The van der Waals surface area contributed by atoms with Gasteiger partial charge in [0.15, 0.2) is 0 Å². The minimum atomic E-state index is 0.834. The lowest BCUT2D eigenvalue weighted by molar-refractivity contribution is 1.18. The van der Waals surface area contributed by atoms with E-state index in [1.807, 2.05) is 6.07 Å². The Bertz CT molecular complexity index is 537. The molecule has 0 spiro atoms. The highest BCUT2D eigenvalue weighted by atomic mass is 35.5. The molecule has 0 aromatic heterocycles. The van der Waals surface area contributed by atoms with Gasteiger partial charge in [0, 0.05) is 23.0 Å². The lowest BCUT2D eigenvalue weighted by Crippen LogP contribution is -2.02. The Morgan fingerprint density at radius 1 is 1.11 bits per heavy atom. The van der Waals surface area contributed by atoms with E-state index in [9.17, 15) is 0 Å². The second-order valence-electron chi connectivity index (χ2n) is 4.62. The van der Waals surface area contributed by atoms with Gasteiger partial charge >= 0.3 is 0 Å². The van der Waals surface area contributed by atoms with Crippen molar-refractivity contribution in [2.75, 3.05) is 17.6 Å². The first-order chi connectivity index (χ1) is 9.19. The second kappa shape index (κ2) is 6.88. The van der Waals surface area contributed by atoms with Crippen LogP contribution in [0.4, 0.5) is 5.69 Å². The van der Waals surface area contributed by atoms with Crippen LogP contribution in [0.3, 0.4) is 0 Å². The van der Waals surface area contributed by atoms with E-state index in [0.29, 0.717) is 0 Å². The molecule has 0 aliphatic rings. The molecule has 0 bridgehead atoms. The summed E-state index contributed by atoms with van der Waals surface area (Å²) in [6.07, 6.45) is 0.867. The van der Waals surface area contributed by atoms with Crippen LogP contribution in [0.2, 0.25) is 5.02 Å². The smallest absolute Gasteiger partial charge is 0.0444 e. The Hall–Kier alpha value is -1.12. The summed E-state index contributed by atoms with van der Waals surface area (Å²) in [6.45, 7) is 2.93. The van der Waals surface area contributed by atoms with E-state index in [1.165, 1.54) is 16.7 Å². The molecule has 0 heterocycles. The molecule has 2 aromatic rings. The van der Waals surface area contributed by atoms with Crippen LogP contribution in [0.15, 0.2) is 42.5 Å². The summed E-state index contributed by atoms with van der Waals surface area (Å²) in [5.74, 6) is 0.834. The third-order valence-electron chi connectivity index (χ3n) is 3.00. The fraction of sp³-hybridized carbons (Fsp3) is 0.250. The van der Waals surface area contributed by atoms with E-state index in [-0.39, 0.29) is 0 Å². The number of halogens is 1. The average Bonchev–Trinajstić information content (AvgIpc) is 2.41. The third-order valence-corrected chi connectivity index (χ3v) is 3.57. The monoisotopic (exact) mass is 291 g/mol. The first-order valence-corrected chi connectivity index (χ1v) is 7.39. The lowest BCUT2D eigenvalue weighted by atomic mass is 10.0. The molecular weight excluding hydrogens is 274 g/mol. The summed E-state index contributed by atoms with van der Waals surface area (Å²) < 4.78 is 0. The SMILES string of the molecule is Cc1ccc(Cc2ccc(NCCS)cc2)c(Cl)c1. The number of nitrogens with one attached hydrogen (secondary N) is 1. The van der Waals surface area contributed by atoms with Gasteiger partial charge in [0.25, 0.3) is 0 Å². The van der Waals surface area contributed by atoms with Crippen molar-refractivity contribution in [3.8, 4) is 0 Å². The zero-order valence-electron chi connectivity index (χ0n) is 11.0. The molecule has 0 radical (unpaired) electrons. The average molecular weight is 292 g/mol. The van der Waals surface area contributed by atoms with Crippen LogP contribution in [-0.4, -0.2) is 12.3 Å². The summed E-state index contributed by atoms with van der Waals surface area (Å²) in [7, 11) is 0. The second-order valence-corrected chi connectivity index (χ2v) is 5.47. The summed E-state index contributed by atoms with van der Waals surface area (Å²) in [4.78, 5) is 0. The van der Waals surface area contributed by atoms with Gasteiger partial charge in [-0.1, -0.05) is 35.9 Å². The van der Waals surface area contributed by atoms with Crippen molar-refractivity contribution in [2.24, 2.45) is 0 Å². The molecule has 100 valence electrons. The molecule has 0 fully saturated rings. The quantitative estimate of drug-likeness (QED) is 0.768. The topological polar surface area (TPSA) is 12.0 Å². The van der Waals surface area contributed by atoms with Gasteiger partial charge in [-0.2, -0.15) is 12.6 Å². The molecule has 2 aromatic carbocycles. The van der Waals surface area contributed by atoms with Crippen LogP contribution in [0.5, 0.6) is 0 Å². The Labute approximate surface area is 125 Å². The van der Waals surface area contributed by atoms with E-state index in [0.717, 1.165) is 29.4 Å². The van der Waals surface area contributed by atoms with Gasteiger partial charge in [-0.3, -0.25) is 0 Å². The molecule has 1 nitrogen and oxygen atoms in total. The molecule has 0 atom stereocenters. The summed E-state index contributed by atoms with van der Waals surface area (Å²) in [6, 6.07) is 14.7. The minimum Gasteiger partial charge on any atom is -0.384 e. The zero-order chi connectivity index (χ0) is 13.7. The van der Waals surface area contributed by atoms with Crippen LogP contribution in [0.25, 0.3) is 0 Å². The highest BCUT2D eigenvalue weighted by Gasteiger charge is 2.02. The summed E-state index contributed by atoms with van der Waals surface area (Å²) in [5, 5.41) is 4.15. The largest absolute Gasteiger partial charge is 0.384 e. The molecule has 2 rings (SSSR count). The number of anilines is 1. The molecule has 0 aliphatic carbocycles. The molecule has 3 heteroatoms. The van der Waals surface area contributed by atoms with E-state index in [1.54, 1.807) is 0 Å². The number of hydrogen-bond donors (Lipinski definition) is 2. The van der Waals surface area contributed by atoms with Crippen molar-refractivity contribution >= 4 is 29.9 Å². The van der Waals surface area contributed by atoms with Gasteiger partial charge in [0.1, 0.15) is 0 Å². The molecule has 19 heavy (non-hydrogen) atoms. The van der Waals surface area contributed by atoms with Crippen molar-refractivity contribution < 1.29 is 0 Å². The van der Waals surface area contributed by atoms with Gasteiger partial charge < -0.3 is 5.32 Å². The van der Waals surface area contributed by atoms with Crippen LogP contribution in [-0.2, 0) is 6.42 Å². The number of aryl methyl sites for hydroxylation is 1. The van der Waals surface area contributed by atoms with Crippen LogP contribution < -0.4 is 5.32 Å². The zero-order valence-corrected chi connectivity index (χ0v) is 12.6. The summed E-state index contributed by atoms with van der Waals surface area (Å²) in [5.41, 5.74) is 4.76. The Morgan fingerprint density at radius 3 is 2.47 bits per heavy atom. The van der Waals surface area contributed by atoms with Gasteiger partial charge in [-0.15, -0.1) is 0 Å². The summed E-state index contributed by atoms with van der Waals surface area (Å²) >= 11 is 10.4.